The van der Waals surface area contributed by atoms with Gasteiger partial charge in [0.25, 0.3) is 5.69 Å². The van der Waals surface area contributed by atoms with Gasteiger partial charge >= 0.3 is 5.97 Å². The van der Waals surface area contributed by atoms with Crippen LogP contribution in [0.15, 0.2) is 66.0 Å². The fourth-order valence-corrected chi connectivity index (χ4v) is 4.14. The molecule has 0 unspecified atom stereocenters. The number of nitro groups is 1. The molecule has 0 spiro atoms. The van der Waals surface area contributed by atoms with Crippen LogP contribution in [0, 0.1) is 16.0 Å². The van der Waals surface area contributed by atoms with Crippen LogP contribution in [-0.2, 0) is 14.3 Å². The lowest BCUT2D eigenvalue weighted by molar-refractivity contribution is -0.384. The van der Waals surface area contributed by atoms with Gasteiger partial charge in [0.15, 0.2) is 6.61 Å². The Bertz CT molecular complexity index is 1160. The molecule has 8 nitrogen and oxygen atoms in total. The van der Waals surface area contributed by atoms with E-state index in [9.17, 15) is 24.5 Å². The minimum absolute atomic E-state index is 0.0167. The van der Waals surface area contributed by atoms with Crippen LogP contribution in [0.1, 0.15) is 16.1 Å². The van der Waals surface area contributed by atoms with Gasteiger partial charge in [0.1, 0.15) is 0 Å². The van der Waals surface area contributed by atoms with Crippen LogP contribution in [0.25, 0.3) is 11.1 Å². The Kier molecular flexibility index (Phi) is 6.09. The zero-order valence-electron chi connectivity index (χ0n) is 16.8. The van der Waals surface area contributed by atoms with Crippen molar-refractivity contribution in [3.63, 3.8) is 0 Å². The van der Waals surface area contributed by atoms with Crippen molar-refractivity contribution in [2.24, 2.45) is 5.92 Å². The summed E-state index contributed by atoms with van der Waals surface area (Å²) in [5, 5.41) is 12.6. The first-order valence-corrected chi connectivity index (χ1v) is 10.7. The average molecular weight is 450 g/mol. The molecule has 32 heavy (non-hydrogen) atoms. The summed E-state index contributed by atoms with van der Waals surface area (Å²) in [6, 6.07) is 16.8. The van der Waals surface area contributed by atoms with E-state index in [2.05, 4.69) is 0 Å². The molecule has 162 valence electrons. The molecule has 9 heteroatoms. The Balaban J connectivity index is 1.37. The summed E-state index contributed by atoms with van der Waals surface area (Å²) < 4.78 is 5.14. The Labute approximate surface area is 187 Å². The monoisotopic (exact) mass is 450 g/mol. The number of benzene rings is 2. The van der Waals surface area contributed by atoms with E-state index in [1.807, 2.05) is 12.1 Å². The SMILES string of the molecule is O=C(COC(=O)[C@@H]1CC(=O)N(c2ccc(-c3ccc([N+](=O)[O-])cc3)cc2)C1)c1cccs1. The lowest BCUT2D eigenvalue weighted by Gasteiger charge is -2.17. The van der Waals surface area contributed by atoms with Crippen LogP contribution < -0.4 is 4.90 Å². The molecule has 1 atom stereocenters. The highest BCUT2D eigenvalue weighted by molar-refractivity contribution is 7.12. The summed E-state index contributed by atoms with van der Waals surface area (Å²) in [6.45, 7) is -0.157. The van der Waals surface area contributed by atoms with Crippen molar-refractivity contribution in [1.29, 1.82) is 0 Å². The quantitative estimate of drug-likeness (QED) is 0.232. The van der Waals surface area contributed by atoms with Crippen LogP contribution >= 0.6 is 11.3 Å². The molecule has 0 bridgehead atoms. The van der Waals surface area contributed by atoms with E-state index in [0.717, 1.165) is 11.1 Å². The molecular weight excluding hydrogens is 432 g/mol. The number of nitro benzene ring substituents is 1. The highest BCUT2D eigenvalue weighted by atomic mass is 32.1. The maximum Gasteiger partial charge on any atom is 0.311 e. The van der Waals surface area contributed by atoms with Gasteiger partial charge in [-0.05, 0) is 46.8 Å². The van der Waals surface area contributed by atoms with Crippen molar-refractivity contribution in [1.82, 2.24) is 0 Å². The van der Waals surface area contributed by atoms with Crippen molar-refractivity contribution < 1.29 is 24.0 Å². The van der Waals surface area contributed by atoms with E-state index in [1.54, 1.807) is 41.8 Å². The lowest BCUT2D eigenvalue weighted by Crippen LogP contribution is -2.27. The number of non-ortho nitro benzene ring substituents is 1. The zero-order valence-corrected chi connectivity index (χ0v) is 17.6. The second kappa shape index (κ2) is 9.11. The molecule has 1 fully saturated rings. The number of Topliss-reactive ketones (excluding diaryl/α,β-unsaturated/α-hetero) is 1. The summed E-state index contributed by atoms with van der Waals surface area (Å²) in [5.41, 5.74) is 2.32. The minimum atomic E-state index is -0.631. The largest absolute Gasteiger partial charge is 0.457 e. The van der Waals surface area contributed by atoms with Gasteiger partial charge in [0.05, 0.1) is 15.7 Å². The molecule has 1 saturated heterocycles. The lowest BCUT2D eigenvalue weighted by atomic mass is 10.0. The number of esters is 1. The van der Waals surface area contributed by atoms with Crippen LogP contribution in [-0.4, -0.2) is 35.7 Å². The van der Waals surface area contributed by atoms with Gasteiger partial charge in [-0.2, -0.15) is 0 Å². The number of carbonyl (C=O) groups excluding carboxylic acids is 3. The zero-order chi connectivity index (χ0) is 22.7. The third-order valence-electron chi connectivity index (χ3n) is 5.19. The molecule has 2 heterocycles. The number of carbonyl (C=O) groups is 3. The molecule has 0 radical (unpaired) electrons. The van der Waals surface area contributed by atoms with Crippen molar-refractivity contribution in [2.75, 3.05) is 18.1 Å². The fraction of sp³-hybridized carbons (Fsp3) is 0.174. The average Bonchev–Trinajstić information content (AvgIpc) is 3.48. The number of rotatable bonds is 7. The van der Waals surface area contributed by atoms with E-state index < -0.39 is 16.8 Å². The van der Waals surface area contributed by atoms with Crippen LogP contribution in [0.5, 0.6) is 0 Å². The van der Waals surface area contributed by atoms with Gasteiger partial charge in [0.2, 0.25) is 11.7 Å². The van der Waals surface area contributed by atoms with E-state index in [1.165, 1.54) is 28.4 Å². The molecule has 4 rings (SSSR count). The molecule has 1 aromatic heterocycles. The number of hydrogen-bond acceptors (Lipinski definition) is 7. The third kappa shape index (κ3) is 4.57. The summed E-state index contributed by atoms with van der Waals surface area (Å²) in [4.78, 5) is 49.2. The van der Waals surface area contributed by atoms with Gasteiger partial charge in [-0.3, -0.25) is 24.5 Å². The molecule has 1 aliphatic rings. The molecule has 3 aromatic rings. The second-order valence-corrected chi connectivity index (χ2v) is 8.21. The van der Waals surface area contributed by atoms with E-state index in [-0.39, 0.29) is 37.0 Å². The number of thiophene rings is 1. The first kappa shape index (κ1) is 21.4. The standard InChI is InChI=1S/C23H18N2O6S/c26-20(21-2-1-11-32-21)14-31-23(28)17-12-22(27)24(13-17)18-7-3-15(4-8-18)16-5-9-19(10-6-16)25(29)30/h1-11,17H,12-14H2/t17-/m1/s1. The highest BCUT2D eigenvalue weighted by Crippen LogP contribution is 2.29. The van der Waals surface area contributed by atoms with Crippen molar-refractivity contribution in [3.8, 4) is 11.1 Å². The molecule has 2 aromatic carbocycles. The smallest absolute Gasteiger partial charge is 0.311 e. The van der Waals surface area contributed by atoms with E-state index >= 15 is 0 Å². The molecule has 0 saturated carbocycles. The van der Waals surface area contributed by atoms with Crippen molar-refractivity contribution in [2.45, 2.75) is 6.42 Å². The Hall–Kier alpha value is -3.85. The number of hydrogen-bond donors (Lipinski definition) is 0. The first-order chi connectivity index (χ1) is 15.4. The minimum Gasteiger partial charge on any atom is -0.457 e. The van der Waals surface area contributed by atoms with Crippen LogP contribution in [0.2, 0.25) is 0 Å². The van der Waals surface area contributed by atoms with Gasteiger partial charge in [-0.15, -0.1) is 11.3 Å². The summed E-state index contributed by atoms with van der Waals surface area (Å²) in [6.07, 6.45) is 0.0239. The number of anilines is 1. The third-order valence-corrected chi connectivity index (χ3v) is 6.10. The van der Waals surface area contributed by atoms with Gasteiger partial charge in [0, 0.05) is 30.8 Å². The van der Waals surface area contributed by atoms with Gasteiger partial charge in [-0.25, -0.2) is 0 Å². The molecule has 1 aliphatic heterocycles. The molecular formula is C23H18N2O6S. The number of amides is 1. The Morgan fingerprint density at radius 3 is 2.31 bits per heavy atom. The first-order valence-electron chi connectivity index (χ1n) is 9.81. The second-order valence-electron chi connectivity index (χ2n) is 7.26. The Morgan fingerprint density at radius 1 is 1.06 bits per heavy atom. The van der Waals surface area contributed by atoms with Crippen LogP contribution in [0.4, 0.5) is 11.4 Å². The molecule has 0 aliphatic carbocycles. The van der Waals surface area contributed by atoms with Crippen LogP contribution in [0.3, 0.4) is 0 Å². The predicted molar refractivity (Wildman–Crippen MR) is 119 cm³/mol. The van der Waals surface area contributed by atoms with Gasteiger partial charge < -0.3 is 9.64 Å². The summed E-state index contributed by atoms with van der Waals surface area (Å²) in [5.74, 6) is -1.66. The van der Waals surface area contributed by atoms with Crippen molar-refractivity contribution >= 4 is 40.4 Å². The predicted octanol–water partition coefficient (Wildman–Crippen LogP) is 4.10. The molecule has 1 amide bonds. The summed E-state index contributed by atoms with van der Waals surface area (Å²) >= 11 is 1.28. The fourth-order valence-electron chi connectivity index (χ4n) is 3.49. The van der Waals surface area contributed by atoms with E-state index in [0.29, 0.717) is 10.6 Å². The normalized spacial score (nSPS) is 15.6. The van der Waals surface area contributed by atoms with E-state index in [4.69, 9.17) is 4.74 Å². The van der Waals surface area contributed by atoms with Crippen molar-refractivity contribution in [3.05, 3.63) is 81.0 Å². The number of ketones is 1. The molecule has 0 N–H and O–H groups in total. The maximum absolute atomic E-state index is 12.5. The topological polar surface area (TPSA) is 107 Å². The highest BCUT2D eigenvalue weighted by Gasteiger charge is 2.36. The number of ether oxygens (including phenoxy) is 1. The van der Waals surface area contributed by atoms with Gasteiger partial charge in [-0.1, -0.05) is 18.2 Å². The Morgan fingerprint density at radius 2 is 1.72 bits per heavy atom. The summed E-state index contributed by atoms with van der Waals surface area (Å²) in [7, 11) is 0. The maximum atomic E-state index is 12.5. The number of nitrogens with zero attached hydrogens (tertiary/aromatic N) is 2.